The predicted molar refractivity (Wildman–Crippen MR) is 121 cm³/mol. The lowest BCUT2D eigenvalue weighted by Gasteiger charge is -2.21. The fourth-order valence-corrected chi connectivity index (χ4v) is 4.03. The van der Waals surface area contributed by atoms with Crippen molar-refractivity contribution in [2.75, 3.05) is 56.1 Å². The van der Waals surface area contributed by atoms with Crippen LogP contribution in [-0.4, -0.2) is 81.5 Å². The summed E-state index contributed by atoms with van der Waals surface area (Å²) in [5.41, 5.74) is 1.85. The normalized spacial score (nSPS) is 21.4. The van der Waals surface area contributed by atoms with E-state index in [1.54, 1.807) is 12.1 Å². The van der Waals surface area contributed by atoms with Gasteiger partial charge in [-0.25, -0.2) is 18.9 Å². The van der Waals surface area contributed by atoms with Crippen molar-refractivity contribution in [2.45, 2.75) is 19.1 Å². The zero-order chi connectivity index (χ0) is 24.1. The Kier molecular flexibility index (Phi) is 7.98. The largest absolute Gasteiger partial charge is 0.442 e. The van der Waals surface area contributed by atoms with Crippen molar-refractivity contribution in [3.63, 3.8) is 0 Å². The summed E-state index contributed by atoms with van der Waals surface area (Å²) < 4.78 is 24.9. The molecule has 1 aromatic rings. The molecule has 33 heavy (non-hydrogen) atoms. The molecule has 0 aromatic heterocycles. The number of carbonyl (C=O) groups excluding carboxylic acids is 3. The molecule has 2 aliphatic heterocycles. The van der Waals surface area contributed by atoms with Crippen LogP contribution in [-0.2, 0) is 14.3 Å². The molecular weight excluding hydrogens is 457 g/mol. The molecule has 0 radical (unpaired) electrons. The lowest BCUT2D eigenvalue weighted by atomic mass is 10.2. The summed E-state index contributed by atoms with van der Waals surface area (Å²) in [6.07, 6.45) is -0.519. The van der Waals surface area contributed by atoms with Gasteiger partial charge in [-0.2, -0.15) is 0 Å². The van der Waals surface area contributed by atoms with E-state index in [4.69, 9.17) is 16.3 Å². The highest BCUT2D eigenvalue weighted by atomic mass is 35.5. The van der Waals surface area contributed by atoms with Gasteiger partial charge < -0.3 is 25.0 Å². The van der Waals surface area contributed by atoms with E-state index in [0.717, 1.165) is 10.5 Å². The summed E-state index contributed by atoms with van der Waals surface area (Å²) in [5, 5.41) is 6.22. The standard InChI is InChI=1S/C21H27ClFN5O5/c1-13(29)27(20(30)32-12-22)9-16-10-28(21(31)33-16)15-4-5-19(17(23)6-15)26-8-14(7-24-2)18(11-26)25-3/h4-7,16,18,24-25H,8-12H2,1-3H3/b14-7-. The van der Waals surface area contributed by atoms with Crippen LogP contribution in [0, 0.1) is 5.82 Å². The van der Waals surface area contributed by atoms with Crippen molar-refractivity contribution in [1.82, 2.24) is 15.5 Å². The number of likely N-dealkylation sites (N-methyl/N-ethyl adjacent to an activating group) is 1. The summed E-state index contributed by atoms with van der Waals surface area (Å²) in [6.45, 7) is 2.19. The predicted octanol–water partition coefficient (Wildman–Crippen LogP) is 1.84. The highest BCUT2D eigenvalue weighted by Crippen LogP contribution is 2.31. The monoisotopic (exact) mass is 483 g/mol. The number of hydrogen-bond acceptors (Lipinski definition) is 8. The van der Waals surface area contributed by atoms with Crippen LogP contribution in [0.2, 0.25) is 0 Å². The fraction of sp³-hybridized carbons (Fsp3) is 0.476. The topological polar surface area (TPSA) is 103 Å². The minimum absolute atomic E-state index is 0.0379. The number of halogens is 2. The van der Waals surface area contributed by atoms with Crippen LogP contribution in [0.25, 0.3) is 0 Å². The number of nitrogens with zero attached hydrogens (tertiary/aromatic N) is 3. The fourth-order valence-electron chi connectivity index (χ4n) is 3.93. The molecule has 2 fully saturated rings. The molecule has 2 aliphatic rings. The molecule has 2 unspecified atom stereocenters. The van der Waals surface area contributed by atoms with Gasteiger partial charge in [0.2, 0.25) is 5.91 Å². The first kappa shape index (κ1) is 24.6. The molecule has 0 saturated carbocycles. The van der Waals surface area contributed by atoms with Crippen LogP contribution < -0.4 is 20.4 Å². The molecule has 2 saturated heterocycles. The maximum atomic E-state index is 15.0. The summed E-state index contributed by atoms with van der Waals surface area (Å²) in [6, 6.07) is 4.22. The summed E-state index contributed by atoms with van der Waals surface area (Å²) in [4.78, 5) is 40.0. The van der Waals surface area contributed by atoms with Crippen LogP contribution in [0.5, 0.6) is 0 Å². The molecule has 1 aromatic carbocycles. The highest BCUT2D eigenvalue weighted by molar-refractivity contribution is 6.17. The average Bonchev–Trinajstić information content (AvgIpc) is 3.35. The quantitative estimate of drug-likeness (QED) is 0.566. The van der Waals surface area contributed by atoms with E-state index in [1.165, 1.54) is 17.9 Å². The molecule has 0 bridgehead atoms. The molecule has 180 valence electrons. The molecule has 2 heterocycles. The van der Waals surface area contributed by atoms with Crippen LogP contribution in [0.1, 0.15) is 6.92 Å². The van der Waals surface area contributed by atoms with Crippen molar-refractivity contribution < 1.29 is 28.2 Å². The van der Waals surface area contributed by atoms with Crippen molar-refractivity contribution in [3.8, 4) is 0 Å². The summed E-state index contributed by atoms with van der Waals surface area (Å²) >= 11 is 5.38. The van der Waals surface area contributed by atoms with E-state index >= 15 is 4.39 Å². The third-order valence-electron chi connectivity index (χ3n) is 5.52. The van der Waals surface area contributed by atoms with Gasteiger partial charge in [0.05, 0.1) is 24.5 Å². The minimum Gasteiger partial charge on any atom is -0.442 e. The molecular formula is C21H27ClFN5O5. The molecule has 12 heteroatoms. The van der Waals surface area contributed by atoms with Gasteiger partial charge in [-0.1, -0.05) is 11.6 Å². The van der Waals surface area contributed by atoms with Gasteiger partial charge in [-0.3, -0.25) is 9.69 Å². The number of anilines is 2. The van der Waals surface area contributed by atoms with E-state index in [2.05, 4.69) is 15.4 Å². The second kappa shape index (κ2) is 10.7. The first-order valence-electron chi connectivity index (χ1n) is 10.4. The second-order valence-corrected chi connectivity index (χ2v) is 7.85. The number of carbonyl (C=O) groups is 3. The van der Waals surface area contributed by atoms with E-state index in [9.17, 15) is 14.4 Å². The van der Waals surface area contributed by atoms with Crippen LogP contribution in [0.4, 0.5) is 25.4 Å². The lowest BCUT2D eigenvalue weighted by Crippen LogP contribution is -2.42. The number of alkyl halides is 1. The first-order valence-corrected chi connectivity index (χ1v) is 10.9. The Balaban J connectivity index is 1.71. The molecule has 10 nitrogen and oxygen atoms in total. The average molecular weight is 484 g/mol. The van der Waals surface area contributed by atoms with E-state index in [0.29, 0.717) is 24.5 Å². The van der Waals surface area contributed by atoms with Gasteiger partial charge in [0.1, 0.15) is 11.9 Å². The number of benzene rings is 1. The van der Waals surface area contributed by atoms with E-state index < -0.39 is 36.1 Å². The molecule has 0 spiro atoms. The third-order valence-corrected chi connectivity index (χ3v) is 5.63. The van der Waals surface area contributed by atoms with Crippen LogP contribution in [0.3, 0.4) is 0 Å². The van der Waals surface area contributed by atoms with Crippen molar-refractivity contribution in [2.24, 2.45) is 0 Å². The Morgan fingerprint density at radius 2 is 2.12 bits per heavy atom. The molecule has 2 atom stereocenters. The smallest absolute Gasteiger partial charge is 0.417 e. The summed E-state index contributed by atoms with van der Waals surface area (Å²) in [5.74, 6) is -1.05. The van der Waals surface area contributed by atoms with Gasteiger partial charge in [0, 0.05) is 33.1 Å². The van der Waals surface area contributed by atoms with Crippen LogP contribution in [0.15, 0.2) is 30.0 Å². The van der Waals surface area contributed by atoms with E-state index in [-0.39, 0.29) is 19.1 Å². The van der Waals surface area contributed by atoms with Gasteiger partial charge in [-0.15, -0.1) is 0 Å². The number of cyclic esters (lactones) is 1. The SMILES string of the molecule is CN/C=C1/CN(c2ccc(N3CC(CN(C(C)=O)C(=O)OCCl)OC3=O)cc2F)CC1NC. The third kappa shape index (κ3) is 5.48. The molecule has 3 rings (SSSR count). The van der Waals surface area contributed by atoms with Gasteiger partial charge in [0.15, 0.2) is 6.07 Å². The molecule has 3 amide bonds. The first-order chi connectivity index (χ1) is 15.8. The van der Waals surface area contributed by atoms with Gasteiger partial charge in [-0.05, 0) is 37.0 Å². The van der Waals surface area contributed by atoms with Crippen molar-refractivity contribution >= 4 is 41.1 Å². The Morgan fingerprint density at radius 3 is 2.73 bits per heavy atom. The van der Waals surface area contributed by atoms with Gasteiger partial charge >= 0.3 is 12.2 Å². The Morgan fingerprint density at radius 1 is 1.36 bits per heavy atom. The minimum atomic E-state index is -0.931. The highest BCUT2D eigenvalue weighted by Gasteiger charge is 2.36. The Bertz CT molecular complexity index is 946. The maximum absolute atomic E-state index is 15.0. The maximum Gasteiger partial charge on any atom is 0.417 e. The molecule has 2 N–H and O–H groups in total. The number of hydrogen-bond donors (Lipinski definition) is 2. The second-order valence-electron chi connectivity index (χ2n) is 7.63. The van der Waals surface area contributed by atoms with Crippen molar-refractivity contribution in [3.05, 3.63) is 35.8 Å². The number of ether oxygens (including phenoxy) is 2. The summed E-state index contributed by atoms with van der Waals surface area (Å²) in [7, 11) is 3.67. The number of nitrogens with one attached hydrogen (secondary N) is 2. The zero-order valence-corrected chi connectivity index (χ0v) is 19.4. The van der Waals surface area contributed by atoms with Crippen molar-refractivity contribution in [1.29, 1.82) is 0 Å². The van der Waals surface area contributed by atoms with Gasteiger partial charge in [0.25, 0.3) is 0 Å². The molecule has 0 aliphatic carbocycles. The van der Waals surface area contributed by atoms with Crippen LogP contribution >= 0.6 is 11.6 Å². The number of rotatable bonds is 7. The lowest BCUT2D eigenvalue weighted by molar-refractivity contribution is -0.128. The van der Waals surface area contributed by atoms with E-state index in [1.807, 2.05) is 25.2 Å². The zero-order valence-electron chi connectivity index (χ0n) is 18.6. The Hall–Kier alpha value is -3.05. The number of imide groups is 1. The number of amides is 3. The Labute approximate surface area is 196 Å².